The molecule has 1 aromatic rings. The van der Waals surface area contributed by atoms with Crippen LogP contribution in [0.1, 0.15) is 19.8 Å². The van der Waals surface area contributed by atoms with E-state index in [1.807, 2.05) is 0 Å². The molecule has 0 amide bonds. The van der Waals surface area contributed by atoms with Gasteiger partial charge in [-0.25, -0.2) is 9.18 Å². The lowest BCUT2D eigenvalue weighted by atomic mass is 9.94. The minimum atomic E-state index is -0.845. The molecule has 1 atom stereocenters. The van der Waals surface area contributed by atoms with E-state index in [0.29, 0.717) is 12.4 Å². The first-order valence-corrected chi connectivity index (χ1v) is 6.87. The number of likely N-dealkylation sites (N-methyl/N-ethyl adjacent to an activating group) is 1. The number of carbonyl (C=O) groups excluding carboxylic acids is 1. The van der Waals surface area contributed by atoms with Gasteiger partial charge in [0.15, 0.2) is 5.54 Å². The number of carbonyl (C=O) groups is 1. The number of hydrogen-bond donors (Lipinski definition) is 1. The van der Waals surface area contributed by atoms with Crippen LogP contribution in [0.15, 0.2) is 24.3 Å². The Bertz CT molecular complexity index is 476. The summed E-state index contributed by atoms with van der Waals surface area (Å²) in [5.74, 6) is -0.0452. The molecular formula is C15H20FNO3. The highest BCUT2D eigenvalue weighted by molar-refractivity contribution is 5.82. The molecule has 1 unspecified atom stereocenters. The van der Waals surface area contributed by atoms with Crippen LogP contribution >= 0.6 is 0 Å². The zero-order valence-corrected chi connectivity index (χ0v) is 11.8. The SMILES string of the molecule is CCOC(=O)C(COc1cccc(F)c1)(NC)C1CC1. The second kappa shape index (κ2) is 6.22. The van der Waals surface area contributed by atoms with Crippen molar-refractivity contribution in [2.24, 2.45) is 5.92 Å². The van der Waals surface area contributed by atoms with Crippen LogP contribution in [0, 0.1) is 11.7 Å². The third kappa shape index (κ3) is 3.10. The summed E-state index contributed by atoms with van der Waals surface area (Å²) in [6, 6.07) is 5.90. The van der Waals surface area contributed by atoms with E-state index in [0.717, 1.165) is 12.8 Å². The quantitative estimate of drug-likeness (QED) is 0.778. The van der Waals surface area contributed by atoms with Crippen molar-refractivity contribution in [3.05, 3.63) is 30.1 Å². The molecule has 0 aliphatic heterocycles. The van der Waals surface area contributed by atoms with Gasteiger partial charge in [0.05, 0.1) is 6.61 Å². The molecule has 1 N–H and O–H groups in total. The Morgan fingerprint density at radius 1 is 1.50 bits per heavy atom. The van der Waals surface area contributed by atoms with E-state index in [-0.39, 0.29) is 24.3 Å². The summed E-state index contributed by atoms with van der Waals surface area (Å²) in [5.41, 5.74) is -0.845. The Morgan fingerprint density at radius 3 is 2.80 bits per heavy atom. The van der Waals surface area contributed by atoms with Crippen molar-refractivity contribution >= 4 is 5.97 Å². The van der Waals surface area contributed by atoms with Crippen LogP contribution in [0.2, 0.25) is 0 Å². The first-order chi connectivity index (χ1) is 9.62. The molecule has 4 nitrogen and oxygen atoms in total. The van der Waals surface area contributed by atoms with Gasteiger partial charge in [-0.1, -0.05) is 6.07 Å². The van der Waals surface area contributed by atoms with E-state index in [1.54, 1.807) is 26.1 Å². The molecule has 0 radical (unpaired) electrons. The lowest BCUT2D eigenvalue weighted by Gasteiger charge is -2.31. The highest BCUT2D eigenvalue weighted by atomic mass is 19.1. The van der Waals surface area contributed by atoms with E-state index < -0.39 is 5.54 Å². The molecule has 1 fully saturated rings. The maximum absolute atomic E-state index is 13.1. The zero-order chi connectivity index (χ0) is 14.6. The van der Waals surface area contributed by atoms with Crippen molar-refractivity contribution in [1.29, 1.82) is 0 Å². The highest BCUT2D eigenvalue weighted by Crippen LogP contribution is 2.40. The molecule has 1 saturated carbocycles. The molecule has 1 aliphatic carbocycles. The van der Waals surface area contributed by atoms with Gasteiger partial charge in [-0.15, -0.1) is 0 Å². The van der Waals surface area contributed by atoms with Gasteiger partial charge in [0.25, 0.3) is 0 Å². The van der Waals surface area contributed by atoms with Crippen molar-refractivity contribution in [2.75, 3.05) is 20.3 Å². The van der Waals surface area contributed by atoms with Crippen LogP contribution in [-0.2, 0) is 9.53 Å². The molecule has 0 aromatic heterocycles. The van der Waals surface area contributed by atoms with E-state index in [1.165, 1.54) is 12.1 Å². The third-order valence-electron chi connectivity index (χ3n) is 3.62. The fraction of sp³-hybridized carbons (Fsp3) is 0.533. The van der Waals surface area contributed by atoms with Crippen LogP contribution in [0.5, 0.6) is 5.75 Å². The average molecular weight is 281 g/mol. The summed E-state index contributed by atoms with van der Waals surface area (Å²) in [6.07, 6.45) is 1.93. The number of nitrogens with one attached hydrogen (secondary N) is 1. The van der Waals surface area contributed by atoms with E-state index in [2.05, 4.69) is 5.32 Å². The molecule has 0 saturated heterocycles. The Kier molecular flexibility index (Phi) is 4.60. The number of rotatable bonds is 7. The van der Waals surface area contributed by atoms with Crippen LogP contribution in [-0.4, -0.2) is 31.8 Å². The maximum atomic E-state index is 13.1. The molecule has 0 bridgehead atoms. The van der Waals surface area contributed by atoms with Gasteiger partial charge >= 0.3 is 5.97 Å². The normalized spacial score (nSPS) is 17.4. The van der Waals surface area contributed by atoms with Gasteiger partial charge < -0.3 is 14.8 Å². The van der Waals surface area contributed by atoms with Crippen molar-refractivity contribution in [1.82, 2.24) is 5.32 Å². The lowest BCUT2D eigenvalue weighted by Crippen LogP contribution is -2.57. The second-order valence-corrected chi connectivity index (χ2v) is 4.96. The Balaban J connectivity index is 2.10. The smallest absolute Gasteiger partial charge is 0.330 e. The number of benzene rings is 1. The van der Waals surface area contributed by atoms with Gasteiger partial charge in [0.1, 0.15) is 18.2 Å². The van der Waals surface area contributed by atoms with E-state index >= 15 is 0 Å². The molecular weight excluding hydrogens is 261 g/mol. The molecule has 20 heavy (non-hydrogen) atoms. The minimum Gasteiger partial charge on any atom is -0.491 e. The predicted octanol–water partition coefficient (Wildman–Crippen LogP) is 2.14. The lowest BCUT2D eigenvalue weighted by molar-refractivity contribution is -0.153. The fourth-order valence-electron chi connectivity index (χ4n) is 2.31. The first-order valence-electron chi connectivity index (χ1n) is 6.87. The minimum absolute atomic E-state index is 0.135. The Morgan fingerprint density at radius 2 is 2.25 bits per heavy atom. The van der Waals surface area contributed by atoms with Crippen LogP contribution in [0.3, 0.4) is 0 Å². The fourth-order valence-corrected chi connectivity index (χ4v) is 2.31. The number of ether oxygens (including phenoxy) is 2. The van der Waals surface area contributed by atoms with Crippen molar-refractivity contribution in [2.45, 2.75) is 25.3 Å². The molecule has 0 heterocycles. The molecule has 1 aromatic carbocycles. The van der Waals surface area contributed by atoms with Crippen molar-refractivity contribution in [3.8, 4) is 5.75 Å². The number of halogens is 1. The molecule has 0 spiro atoms. The second-order valence-electron chi connectivity index (χ2n) is 4.96. The summed E-state index contributed by atoms with van der Waals surface area (Å²) in [4.78, 5) is 12.2. The van der Waals surface area contributed by atoms with Gasteiger partial charge in [0.2, 0.25) is 0 Å². The van der Waals surface area contributed by atoms with Crippen molar-refractivity contribution in [3.63, 3.8) is 0 Å². The largest absolute Gasteiger partial charge is 0.491 e. The molecule has 110 valence electrons. The van der Waals surface area contributed by atoms with Gasteiger partial charge in [-0.05, 0) is 44.9 Å². The third-order valence-corrected chi connectivity index (χ3v) is 3.62. The molecule has 2 rings (SSSR count). The summed E-state index contributed by atoms with van der Waals surface area (Å²) in [7, 11) is 1.73. The molecule has 5 heteroatoms. The zero-order valence-electron chi connectivity index (χ0n) is 11.8. The van der Waals surface area contributed by atoms with E-state index in [4.69, 9.17) is 9.47 Å². The molecule has 1 aliphatic rings. The first kappa shape index (κ1) is 14.8. The van der Waals surface area contributed by atoms with Gasteiger partial charge in [-0.3, -0.25) is 0 Å². The topological polar surface area (TPSA) is 47.6 Å². The monoisotopic (exact) mass is 281 g/mol. The standard InChI is InChI=1S/C15H20FNO3/c1-3-19-14(18)15(17-2,11-7-8-11)10-20-13-6-4-5-12(16)9-13/h4-6,9,11,17H,3,7-8,10H2,1-2H3. The Hall–Kier alpha value is -1.62. The van der Waals surface area contributed by atoms with Crippen LogP contribution in [0.25, 0.3) is 0 Å². The average Bonchev–Trinajstić information content (AvgIpc) is 3.25. The summed E-state index contributed by atoms with van der Waals surface area (Å²) < 4.78 is 23.9. The highest BCUT2D eigenvalue weighted by Gasteiger charge is 2.52. The van der Waals surface area contributed by atoms with Crippen LogP contribution < -0.4 is 10.1 Å². The number of esters is 1. The van der Waals surface area contributed by atoms with E-state index in [9.17, 15) is 9.18 Å². The van der Waals surface area contributed by atoms with Crippen molar-refractivity contribution < 1.29 is 18.7 Å². The summed E-state index contributed by atoms with van der Waals surface area (Å²) >= 11 is 0. The van der Waals surface area contributed by atoms with Crippen LogP contribution in [0.4, 0.5) is 4.39 Å². The summed E-state index contributed by atoms with van der Waals surface area (Å²) in [6.45, 7) is 2.24. The number of hydrogen-bond acceptors (Lipinski definition) is 4. The predicted molar refractivity (Wildman–Crippen MR) is 73.0 cm³/mol. The maximum Gasteiger partial charge on any atom is 0.330 e. The Labute approximate surface area is 118 Å². The van der Waals surface area contributed by atoms with Gasteiger partial charge in [-0.2, -0.15) is 0 Å². The van der Waals surface area contributed by atoms with Gasteiger partial charge in [0, 0.05) is 6.07 Å². The summed E-state index contributed by atoms with van der Waals surface area (Å²) in [5, 5.41) is 3.05.